The minimum atomic E-state index is -4.14. The number of ether oxygens (including phenoxy) is 2. The standard InChI is InChI=1S/C52H62N4O7S/c1-11-52(9,10)50(57)61-31-29-53-51(58)62-32-30-54(12-2)64(59,60)46-24-16-15-23-43(46)47-41-27-25-39(55(13-3)48-35(5)19-17-20-36(48)6)33-44(41)63-45-34-40(26-28-42(45)47)56(14-4)49-37(7)21-18-22-38(49)8/h15-28,33-34H,11-14,29-32H2,1-10H3/p+1. The number of rotatable bonds is 17. The molecule has 4 aromatic rings. The molecule has 6 rings (SSSR count). The van der Waals surface area contributed by atoms with Crippen molar-refractivity contribution in [2.45, 2.75) is 80.6 Å². The minimum absolute atomic E-state index is 0.00514. The topological polar surface area (TPSA) is 121 Å². The second-order valence-corrected chi connectivity index (χ2v) is 18.6. The van der Waals surface area contributed by atoms with Gasteiger partial charge in [-0.25, -0.2) is 13.2 Å². The molecule has 0 spiro atoms. The molecule has 0 saturated heterocycles. The first kappa shape index (κ1) is 47.5. The number of carbonyl (C=O) groups is 2. The summed E-state index contributed by atoms with van der Waals surface area (Å²) in [6.07, 6.45) is -0.111. The van der Waals surface area contributed by atoms with Crippen LogP contribution < -0.4 is 20.1 Å². The van der Waals surface area contributed by atoms with Crippen LogP contribution in [-0.4, -0.2) is 70.7 Å². The van der Waals surface area contributed by atoms with Gasteiger partial charge >= 0.3 is 12.1 Å². The van der Waals surface area contributed by atoms with E-state index in [2.05, 4.69) is 117 Å². The number of hydrogen-bond acceptors (Lipinski definition) is 8. The van der Waals surface area contributed by atoms with Gasteiger partial charge in [0.05, 0.1) is 22.9 Å². The molecule has 338 valence electrons. The van der Waals surface area contributed by atoms with Crippen LogP contribution in [0.1, 0.15) is 70.2 Å². The molecule has 0 fully saturated rings. The zero-order valence-electron chi connectivity index (χ0n) is 39.0. The Kier molecular flexibility index (Phi) is 15.0. The molecular weight excluding hydrogens is 825 g/mol. The van der Waals surface area contributed by atoms with Gasteiger partial charge in [-0.2, -0.15) is 8.88 Å². The highest BCUT2D eigenvalue weighted by molar-refractivity contribution is 7.89. The number of aryl methyl sites for hydroxylation is 4. The van der Waals surface area contributed by atoms with Crippen molar-refractivity contribution in [1.29, 1.82) is 0 Å². The highest BCUT2D eigenvalue weighted by Gasteiger charge is 2.30. The molecule has 0 aromatic heterocycles. The Hall–Kier alpha value is -5.98. The molecule has 1 heterocycles. The van der Waals surface area contributed by atoms with Crippen LogP contribution in [0.5, 0.6) is 0 Å². The largest absolute Gasteiger partial charge is 0.463 e. The van der Waals surface area contributed by atoms with E-state index >= 15 is 0 Å². The van der Waals surface area contributed by atoms with Crippen molar-refractivity contribution in [2.24, 2.45) is 5.41 Å². The summed E-state index contributed by atoms with van der Waals surface area (Å²) in [5, 5.41) is 4.28. The Morgan fingerprint density at radius 3 is 2.06 bits per heavy atom. The maximum atomic E-state index is 14.8. The summed E-state index contributed by atoms with van der Waals surface area (Å²) < 4.78 is 50.7. The summed E-state index contributed by atoms with van der Waals surface area (Å²) in [5.41, 5.74) is 9.87. The third kappa shape index (κ3) is 9.88. The number of alkyl carbamates (subject to hydrolysis) is 1. The molecule has 0 unspecified atom stereocenters. The van der Waals surface area contributed by atoms with E-state index in [4.69, 9.17) is 13.9 Å². The van der Waals surface area contributed by atoms with Gasteiger partial charge in [0.15, 0.2) is 0 Å². The number of nitrogens with one attached hydrogen (secondary N) is 1. The fraction of sp³-hybridized carbons (Fsp3) is 0.365. The van der Waals surface area contributed by atoms with Crippen LogP contribution in [0.2, 0.25) is 0 Å². The lowest BCUT2D eigenvalue weighted by atomic mass is 9.91. The van der Waals surface area contributed by atoms with Gasteiger partial charge < -0.3 is 24.1 Å². The summed E-state index contributed by atoms with van der Waals surface area (Å²) >= 11 is 0. The van der Waals surface area contributed by atoms with Crippen LogP contribution in [0, 0.1) is 33.1 Å². The molecule has 1 amide bonds. The average molecular weight is 888 g/mol. The van der Waals surface area contributed by atoms with Crippen molar-refractivity contribution in [3.8, 4) is 22.5 Å². The van der Waals surface area contributed by atoms with Crippen LogP contribution in [0.25, 0.3) is 33.4 Å². The number of esters is 1. The van der Waals surface area contributed by atoms with Gasteiger partial charge in [0.1, 0.15) is 31.1 Å². The number of anilines is 2. The third-order valence-corrected chi connectivity index (χ3v) is 14.1. The maximum Gasteiger partial charge on any atom is 0.407 e. The molecule has 0 radical (unpaired) electrons. The Balaban J connectivity index is 1.43. The summed E-state index contributed by atoms with van der Waals surface area (Å²) in [6.45, 7) is 21.4. The first-order chi connectivity index (χ1) is 30.6. The van der Waals surface area contributed by atoms with Crippen molar-refractivity contribution in [1.82, 2.24) is 14.2 Å². The lowest BCUT2D eigenvalue weighted by Crippen LogP contribution is -2.36. The monoisotopic (exact) mass is 887 g/mol. The Morgan fingerprint density at radius 2 is 1.42 bits per heavy atom. The molecule has 2 aliphatic rings. The molecule has 0 bridgehead atoms. The van der Waals surface area contributed by atoms with Crippen molar-refractivity contribution in [3.05, 3.63) is 125 Å². The molecule has 0 saturated carbocycles. The number of amides is 1. The molecule has 4 aromatic carbocycles. The fourth-order valence-corrected chi connectivity index (χ4v) is 9.94. The third-order valence-electron chi connectivity index (χ3n) is 12.1. The number of benzene rings is 5. The van der Waals surface area contributed by atoms with Crippen LogP contribution in [-0.2, 0) is 24.3 Å². The Morgan fingerprint density at radius 1 is 0.750 bits per heavy atom. The SMILES string of the molecule is CCN(c1ccc2c(-c3ccccc3S(=O)(=O)N(CC)CCOC(=O)NCCOC(=O)C(C)(C)CC)c3cc/c(=[N+](/CC)c4c(C)cccc4C)cc-3oc2c1)c1c(C)cccc1C. The van der Waals surface area contributed by atoms with Crippen molar-refractivity contribution in [2.75, 3.05) is 50.8 Å². The second kappa shape index (κ2) is 20.2. The summed E-state index contributed by atoms with van der Waals surface area (Å²) in [7, 11) is -4.14. The lowest BCUT2D eigenvalue weighted by molar-refractivity contribution is -0.153. The molecule has 12 heteroatoms. The average Bonchev–Trinajstić information content (AvgIpc) is 3.27. The van der Waals surface area contributed by atoms with E-state index in [0.29, 0.717) is 23.3 Å². The molecule has 1 aliphatic heterocycles. The summed E-state index contributed by atoms with van der Waals surface area (Å²) in [4.78, 5) is 27.2. The normalized spacial score (nSPS) is 12.4. The molecule has 1 aliphatic carbocycles. The van der Waals surface area contributed by atoms with E-state index in [1.165, 1.54) is 4.31 Å². The highest BCUT2D eigenvalue weighted by Crippen LogP contribution is 2.44. The van der Waals surface area contributed by atoms with Crippen molar-refractivity contribution >= 4 is 50.1 Å². The first-order valence-electron chi connectivity index (χ1n) is 22.3. The van der Waals surface area contributed by atoms with Crippen LogP contribution in [0.4, 0.5) is 21.9 Å². The number of fused-ring (bicyclic) bond motifs is 2. The second-order valence-electron chi connectivity index (χ2n) is 16.7. The van der Waals surface area contributed by atoms with Gasteiger partial charge in [-0.05, 0) is 97.2 Å². The van der Waals surface area contributed by atoms with E-state index < -0.39 is 21.5 Å². The van der Waals surface area contributed by atoms with E-state index in [9.17, 15) is 18.0 Å². The summed E-state index contributed by atoms with van der Waals surface area (Å²) in [6, 6.07) is 32.0. The Labute approximate surface area is 378 Å². The van der Waals surface area contributed by atoms with E-state index in [0.717, 1.165) is 74.3 Å². The van der Waals surface area contributed by atoms with Crippen molar-refractivity contribution < 1.29 is 31.9 Å². The van der Waals surface area contributed by atoms with Crippen LogP contribution >= 0.6 is 0 Å². The molecule has 1 N–H and O–H groups in total. The zero-order chi connectivity index (χ0) is 46.3. The van der Waals surface area contributed by atoms with Gasteiger partial charge in [0.25, 0.3) is 0 Å². The van der Waals surface area contributed by atoms with E-state index in [1.807, 2.05) is 31.2 Å². The number of carbonyl (C=O) groups excluding carboxylic acids is 2. The number of likely N-dealkylation sites (N-methyl/N-ethyl adjacent to an activating group) is 1. The quantitative estimate of drug-likeness (QED) is 0.0416. The number of nitrogens with zero attached hydrogens (tertiary/aromatic N) is 3. The summed E-state index contributed by atoms with van der Waals surface area (Å²) in [5.74, 6) is 0.266. The maximum absolute atomic E-state index is 14.8. The first-order valence-corrected chi connectivity index (χ1v) is 23.7. The van der Waals surface area contributed by atoms with Gasteiger partial charge in [0, 0.05) is 76.3 Å². The molecule has 64 heavy (non-hydrogen) atoms. The van der Waals surface area contributed by atoms with Gasteiger partial charge in [-0.1, -0.05) is 68.4 Å². The Bertz CT molecular complexity index is 2770. The molecule has 0 atom stereocenters. The highest BCUT2D eigenvalue weighted by atomic mass is 32.2. The number of hydrogen-bond donors (Lipinski definition) is 1. The van der Waals surface area contributed by atoms with E-state index in [-0.39, 0.29) is 43.7 Å². The van der Waals surface area contributed by atoms with Gasteiger partial charge in [-0.15, -0.1) is 0 Å². The van der Waals surface area contributed by atoms with Gasteiger partial charge in [-0.3, -0.25) is 4.79 Å². The molecular formula is C52H63N4O7S+. The van der Waals surface area contributed by atoms with E-state index in [1.54, 1.807) is 32.9 Å². The van der Waals surface area contributed by atoms with Crippen LogP contribution in [0.15, 0.2) is 106 Å². The van der Waals surface area contributed by atoms with Crippen LogP contribution in [0.3, 0.4) is 0 Å². The predicted octanol–water partition coefficient (Wildman–Crippen LogP) is 10.4. The lowest BCUT2D eigenvalue weighted by Gasteiger charge is -2.28. The number of para-hydroxylation sites is 2. The minimum Gasteiger partial charge on any atom is -0.463 e. The molecule has 11 nitrogen and oxygen atoms in total. The predicted molar refractivity (Wildman–Crippen MR) is 257 cm³/mol. The van der Waals surface area contributed by atoms with Gasteiger partial charge in [0.2, 0.25) is 21.1 Å². The fourth-order valence-electron chi connectivity index (χ4n) is 8.31. The zero-order valence-corrected chi connectivity index (χ0v) is 39.8. The number of sulfonamides is 1. The smallest absolute Gasteiger partial charge is 0.407 e. The van der Waals surface area contributed by atoms with Crippen molar-refractivity contribution in [3.63, 3.8) is 0 Å².